The molecule has 0 aliphatic carbocycles. The second-order valence-corrected chi connectivity index (χ2v) is 5.59. The Morgan fingerprint density at radius 1 is 1.00 bits per heavy atom. The summed E-state index contributed by atoms with van der Waals surface area (Å²) >= 11 is 0. The van der Waals surface area contributed by atoms with Crippen molar-refractivity contribution in [2.24, 2.45) is 0 Å². The first-order valence-electron chi connectivity index (χ1n) is 8.11. The largest absolute Gasteiger partial charge is 0.497 e. The van der Waals surface area contributed by atoms with Crippen molar-refractivity contribution in [2.75, 3.05) is 24.9 Å². The van der Waals surface area contributed by atoms with Gasteiger partial charge < -0.3 is 20.1 Å². The van der Waals surface area contributed by atoms with Crippen molar-refractivity contribution in [3.05, 3.63) is 72.3 Å². The summed E-state index contributed by atoms with van der Waals surface area (Å²) in [7, 11) is 3.15. The topological polar surface area (TPSA) is 72.5 Å². The standard InChI is InChI=1S/C20H18FN3O3/c1-26-16-7-9-17(19(11-16)27-2)23-15-6-8-18(22-12-15)20(25)24-14-5-3-4-13(21)10-14/h3-12,23H,1-2H3,(H,24,25). The van der Waals surface area contributed by atoms with Crippen LogP contribution in [0.2, 0.25) is 0 Å². The van der Waals surface area contributed by atoms with E-state index in [-0.39, 0.29) is 5.69 Å². The Bertz CT molecular complexity index is 945. The SMILES string of the molecule is COc1ccc(Nc2ccc(C(=O)Nc3cccc(F)c3)nc2)c(OC)c1. The van der Waals surface area contributed by atoms with Crippen LogP contribution < -0.4 is 20.1 Å². The molecule has 6 nitrogen and oxygen atoms in total. The van der Waals surface area contributed by atoms with Gasteiger partial charge in [-0.25, -0.2) is 9.37 Å². The second kappa shape index (κ2) is 8.18. The van der Waals surface area contributed by atoms with Crippen LogP contribution in [0.15, 0.2) is 60.8 Å². The summed E-state index contributed by atoms with van der Waals surface area (Å²) in [6, 6.07) is 14.4. The third kappa shape index (κ3) is 4.52. The third-order valence-electron chi connectivity index (χ3n) is 3.77. The molecule has 0 atom stereocenters. The van der Waals surface area contributed by atoms with Crippen LogP contribution in [0.4, 0.5) is 21.5 Å². The number of pyridine rings is 1. The number of rotatable bonds is 6. The number of hydrogen-bond acceptors (Lipinski definition) is 5. The molecule has 0 unspecified atom stereocenters. The van der Waals surface area contributed by atoms with Crippen LogP contribution >= 0.6 is 0 Å². The van der Waals surface area contributed by atoms with Crippen molar-refractivity contribution >= 4 is 23.0 Å². The molecule has 2 N–H and O–H groups in total. The molecule has 1 aromatic heterocycles. The van der Waals surface area contributed by atoms with Crippen LogP contribution in [0.1, 0.15) is 10.5 Å². The zero-order chi connectivity index (χ0) is 19.2. The zero-order valence-electron chi connectivity index (χ0n) is 14.8. The number of carbonyl (C=O) groups is 1. The Balaban J connectivity index is 1.71. The molecule has 27 heavy (non-hydrogen) atoms. The summed E-state index contributed by atoms with van der Waals surface area (Å²) in [6.07, 6.45) is 1.53. The number of methoxy groups -OCH3 is 2. The second-order valence-electron chi connectivity index (χ2n) is 5.59. The smallest absolute Gasteiger partial charge is 0.274 e. The van der Waals surface area contributed by atoms with Crippen LogP contribution in [-0.2, 0) is 0 Å². The average molecular weight is 367 g/mol. The minimum Gasteiger partial charge on any atom is -0.497 e. The van der Waals surface area contributed by atoms with E-state index < -0.39 is 11.7 Å². The first-order chi connectivity index (χ1) is 13.1. The summed E-state index contributed by atoms with van der Waals surface area (Å²) in [5.74, 6) is 0.449. The fourth-order valence-electron chi connectivity index (χ4n) is 2.42. The highest BCUT2D eigenvalue weighted by Gasteiger charge is 2.10. The Morgan fingerprint density at radius 3 is 2.52 bits per heavy atom. The highest BCUT2D eigenvalue weighted by molar-refractivity contribution is 6.02. The van der Waals surface area contributed by atoms with E-state index in [1.807, 2.05) is 6.07 Å². The zero-order valence-corrected chi connectivity index (χ0v) is 14.8. The lowest BCUT2D eigenvalue weighted by atomic mass is 10.2. The summed E-state index contributed by atoms with van der Waals surface area (Å²) in [6.45, 7) is 0. The molecular formula is C20H18FN3O3. The van der Waals surface area contributed by atoms with Gasteiger partial charge >= 0.3 is 0 Å². The van der Waals surface area contributed by atoms with Gasteiger partial charge in [0.15, 0.2) is 0 Å². The lowest BCUT2D eigenvalue weighted by Crippen LogP contribution is -2.13. The molecule has 7 heteroatoms. The molecule has 1 heterocycles. The minimum atomic E-state index is -0.422. The number of ether oxygens (including phenoxy) is 2. The predicted molar refractivity (Wildman–Crippen MR) is 101 cm³/mol. The first kappa shape index (κ1) is 18.2. The first-order valence-corrected chi connectivity index (χ1v) is 8.11. The van der Waals surface area contributed by atoms with E-state index in [0.717, 1.165) is 5.69 Å². The monoisotopic (exact) mass is 367 g/mol. The molecule has 0 aliphatic heterocycles. The summed E-state index contributed by atoms with van der Waals surface area (Å²) in [5, 5.41) is 5.78. The van der Waals surface area contributed by atoms with Crippen molar-refractivity contribution in [1.82, 2.24) is 4.98 Å². The third-order valence-corrected chi connectivity index (χ3v) is 3.77. The molecule has 1 amide bonds. The van der Waals surface area contributed by atoms with Gasteiger partial charge in [0.25, 0.3) is 5.91 Å². The summed E-state index contributed by atoms with van der Waals surface area (Å²) < 4.78 is 23.7. The molecule has 0 fully saturated rings. The molecule has 0 saturated heterocycles. The normalized spacial score (nSPS) is 10.2. The van der Waals surface area contributed by atoms with Crippen LogP contribution in [0, 0.1) is 5.82 Å². The van der Waals surface area contributed by atoms with Crippen LogP contribution in [-0.4, -0.2) is 25.1 Å². The number of carbonyl (C=O) groups excluding carboxylic acids is 1. The fourth-order valence-corrected chi connectivity index (χ4v) is 2.42. The van der Waals surface area contributed by atoms with E-state index in [1.54, 1.807) is 44.6 Å². The van der Waals surface area contributed by atoms with Gasteiger partial charge in [0.2, 0.25) is 0 Å². The van der Waals surface area contributed by atoms with E-state index in [1.165, 1.54) is 24.4 Å². The molecule has 0 spiro atoms. The van der Waals surface area contributed by atoms with Crippen LogP contribution in [0.25, 0.3) is 0 Å². The highest BCUT2D eigenvalue weighted by atomic mass is 19.1. The Hall–Kier alpha value is -3.61. The van der Waals surface area contributed by atoms with Crippen molar-refractivity contribution in [1.29, 1.82) is 0 Å². The van der Waals surface area contributed by atoms with E-state index in [9.17, 15) is 9.18 Å². The quantitative estimate of drug-likeness (QED) is 0.682. The highest BCUT2D eigenvalue weighted by Crippen LogP contribution is 2.31. The van der Waals surface area contributed by atoms with Gasteiger partial charge in [0.05, 0.1) is 31.8 Å². The van der Waals surface area contributed by atoms with Gasteiger partial charge in [0, 0.05) is 11.8 Å². The van der Waals surface area contributed by atoms with Crippen molar-refractivity contribution in [3.63, 3.8) is 0 Å². The number of amides is 1. The predicted octanol–water partition coefficient (Wildman–Crippen LogP) is 4.23. The molecule has 3 rings (SSSR count). The maximum absolute atomic E-state index is 13.2. The molecule has 0 saturated carbocycles. The maximum Gasteiger partial charge on any atom is 0.274 e. The number of halogens is 1. The lowest BCUT2D eigenvalue weighted by Gasteiger charge is -2.12. The van der Waals surface area contributed by atoms with Gasteiger partial charge in [-0.2, -0.15) is 0 Å². The Kier molecular flexibility index (Phi) is 5.51. The van der Waals surface area contributed by atoms with Crippen molar-refractivity contribution in [2.45, 2.75) is 0 Å². The molecule has 2 aromatic carbocycles. The van der Waals surface area contributed by atoms with Gasteiger partial charge in [-0.3, -0.25) is 4.79 Å². The van der Waals surface area contributed by atoms with Crippen molar-refractivity contribution < 1.29 is 18.7 Å². The van der Waals surface area contributed by atoms with E-state index in [0.29, 0.717) is 22.9 Å². The molecule has 0 bridgehead atoms. The number of hydrogen-bond donors (Lipinski definition) is 2. The van der Waals surface area contributed by atoms with Gasteiger partial charge in [0.1, 0.15) is 23.0 Å². The Labute approximate surface area is 156 Å². The van der Waals surface area contributed by atoms with Gasteiger partial charge in [-0.05, 0) is 42.5 Å². The number of nitrogens with zero attached hydrogens (tertiary/aromatic N) is 1. The molecular weight excluding hydrogens is 349 g/mol. The number of nitrogens with one attached hydrogen (secondary N) is 2. The lowest BCUT2D eigenvalue weighted by molar-refractivity contribution is 0.102. The minimum absolute atomic E-state index is 0.214. The molecule has 0 radical (unpaired) electrons. The Morgan fingerprint density at radius 2 is 1.85 bits per heavy atom. The fraction of sp³-hybridized carbons (Fsp3) is 0.100. The van der Waals surface area contributed by atoms with Crippen LogP contribution in [0.5, 0.6) is 11.5 Å². The number of anilines is 3. The molecule has 0 aliphatic rings. The summed E-state index contributed by atoms with van der Waals surface area (Å²) in [5.41, 5.74) is 2.00. The molecule has 3 aromatic rings. The van der Waals surface area contributed by atoms with E-state index >= 15 is 0 Å². The van der Waals surface area contributed by atoms with Gasteiger partial charge in [-0.1, -0.05) is 6.07 Å². The molecule has 138 valence electrons. The van der Waals surface area contributed by atoms with Crippen LogP contribution in [0.3, 0.4) is 0 Å². The maximum atomic E-state index is 13.2. The number of benzene rings is 2. The number of aromatic nitrogens is 1. The van der Waals surface area contributed by atoms with E-state index in [2.05, 4.69) is 15.6 Å². The van der Waals surface area contributed by atoms with E-state index in [4.69, 9.17) is 9.47 Å². The van der Waals surface area contributed by atoms with Gasteiger partial charge in [-0.15, -0.1) is 0 Å². The van der Waals surface area contributed by atoms with Crippen molar-refractivity contribution in [3.8, 4) is 11.5 Å². The summed E-state index contributed by atoms with van der Waals surface area (Å²) in [4.78, 5) is 16.4. The average Bonchev–Trinajstić information content (AvgIpc) is 2.69.